The summed E-state index contributed by atoms with van der Waals surface area (Å²) in [6.07, 6.45) is 19.7. The Morgan fingerprint density at radius 2 is 1.14 bits per heavy atom. The number of hydrogen-bond acceptors (Lipinski definition) is 0. The standard InChI is InChI=1S/2C9H13.2ClH.Hf/c2*1-8(2)7-9-5-3-4-6-9;;;/h2*3,5,8H,4,7H2,1-2H3;2*1H;/q2*-1;;;. The molecule has 0 N–H and O–H groups in total. The second-order valence-electron chi connectivity index (χ2n) is 5.81. The van der Waals surface area contributed by atoms with Gasteiger partial charge in [-0.25, -0.2) is 23.3 Å². The minimum atomic E-state index is 0. The summed E-state index contributed by atoms with van der Waals surface area (Å²) < 4.78 is 0. The topological polar surface area (TPSA) is 0 Å². The molecule has 0 spiro atoms. The Labute approximate surface area is 162 Å². The first-order valence-corrected chi connectivity index (χ1v) is 7.10. The van der Waals surface area contributed by atoms with Crippen LogP contribution in [0, 0.1) is 24.0 Å². The molecule has 2 rings (SSSR count). The molecule has 0 aromatic rings. The fraction of sp³-hybridized carbons (Fsp3) is 0.556. The average molecular weight is 494 g/mol. The van der Waals surface area contributed by atoms with Crippen LogP contribution in [0.25, 0.3) is 0 Å². The van der Waals surface area contributed by atoms with Crippen LogP contribution in [-0.2, 0) is 25.8 Å². The monoisotopic (exact) mass is 494 g/mol. The van der Waals surface area contributed by atoms with Gasteiger partial charge in [-0.3, -0.25) is 12.2 Å². The third kappa shape index (κ3) is 13.8. The maximum absolute atomic E-state index is 3.29. The van der Waals surface area contributed by atoms with E-state index in [0.29, 0.717) is 0 Å². The van der Waals surface area contributed by atoms with Gasteiger partial charge in [0, 0.05) is 25.8 Å². The van der Waals surface area contributed by atoms with Gasteiger partial charge in [-0.2, -0.15) is 12.2 Å². The van der Waals surface area contributed by atoms with Crippen molar-refractivity contribution in [3.63, 3.8) is 0 Å². The van der Waals surface area contributed by atoms with E-state index in [-0.39, 0.29) is 50.7 Å². The van der Waals surface area contributed by atoms with Crippen molar-refractivity contribution in [1.29, 1.82) is 0 Å². The molecule has 0 bridgehead atoms. The van der Waals surface area contributed by atoms with Crippen LogP contribution in [0.2, 0.25) is 0 Å². The molecular weight excluding hydrogens is 466 g/mol. The van der Waals surface area contributed by atoms with E-state index in [2.05, 4.69) is 64.2 Å². The van der Waals surface area contributed by atoms with Gasteiger partial charge >= 0.3 is 0 Å². The zero-order valence-corrected chi connectivity index (χ0v) is 18.8. The van der Waals surface area contributed by atoms with Crippen molar-refractivity contribution >= 4 is 24.8 Å². The van der Waals surface area contributed by atoms with E-state index in [4.69, 9.17) is 0 Å². The van der Waals surface area contributed by atoms with Crippen molar-refractivity contribution in [2.75, 3.05) is 0 Å². The predicted molar refractivity (Wildman–Crippen MR) is 94.4 cm³/mol. The van der Waals surface area contributed by atoms with Crippen LogP contribution in [0.5, 0.6) is 0 Å². The zero-order valence-electron chi connectivity index (χ0n) is 13.6. The Morgan fingerprint density at radius 1 is 0.810 bits per heavy atom. The zero-order chi connectivity index (χ0) is 13.4. The second kappa shape index (κ2) is 15.3. The van der Waals surface area contributed by atoms with Crippen LogP contribution >= 0.6 is 24.8 Å². The minimum Gasteiger partial charge on any atom is -0.269 e. The SMILES string of the molecule is CC(C)CC1=[C-]CC=C1.CC(C)CC1=[C-]CC=C1.Cl.Cl.[Hf]. The van der Waals surface area contributed by atoms with E-state index in [9.17, 15) is 0 Å². The molecule has 0 saturated carbocycles. The average Bonchev–Trinajstić information content (AvgIpc) is 2.90. The first-order valence-electron chi connectivity index (χ1n) is 7.10. The molecule has 0 aliphatic heterocycles. The summed E-state index contributed by atoms with van der Waals surface area (Å²) in [5, 5.41) is 0. The Kier molecular flexibility index (Phi) is 19.2. The van der Waals surface area contributed by atoms with E-state index in [1.54, 1.807) is 0 Å². The summed E-state index contributed by atoms with van der Waals surface area (Å²) >= 11 is 0. The van der Waals surface area contributed by atoms with Crippen molar-refractivity contribution in [2.45, 2.75) is 53.4 Å². The summed E-state index contributed by atoms with van der Waals surface area (Å²) in [6, 6.07) is 0. The number of allylic oxidation sites excluding steroid dienone is 8. The van der Waals surface area contributed by atoms with Gasteiger partial charge in [-0.15, -0.1) is 37.7 Å². The summed E-state index contributed by atoms with van der Waals surface area (Å²) in [4.78, 5) is 0. The van der Waals surface area contributed by atoms with Gasteiger partial charge in [-0.05, 0) is 11.8 Å². The molecule has 2 aliphatic rings. The van der Waals surface area contributed by atoms with Crippen molar-refractivity contribution in [3.8, 4) is 0 Å². The Hall–Kier alpha value is 0.410. The fourth-order valence-corrected chi connectivity index (χ4v) is 2.06. The molecule has 2 aliphatic carbocycles. The summed E-state index contributed by atoms with van der Waals surface area (Å²) in [5.41, 5.74) is 2.79. The van der Waals surface area contributed by atoms with Crippen molar-refractivity contribution in [1.82, 2.24) is 0 Å². The number of rotatable bonds is 4. The van der Waals surface area contributed by atoms with Crippen LogP contribution in [0.1, 0.15) is 53.4 Å². The van der Waals surface area contributed by atoms with E-state index in [1.807, 2.05) is 0 Å². The molecular formula is C18H28Cl2Hf-2. The molecule has 0 fully saturated rings. The van der Waals surface area contributed by atoms with Gasteiger partial charge in [0.05, 0.1) is 0 Å². The van der Waals surface area contributed by atoms with Crippen molar-refractivity contribution in [2.24, 2.45) is 11.8 Å². The van der Waals surface area contributed by atoms with E-state index in [0.717, 1.165) is 24.7 Å². The smallest absolute Gasteiger partial charge is 0 e. The van der Waals surface area contributed by atoms with Gasteiger partial charge < -0.3 is 0 Å². The summed E-state index contributed by atoms with van der Waals surface area (Å²) in [6.45, 7) is 8.95. The van der Waals surface area contributed by atoms with Crippen LogP contribution in [0.4, 0.5) is 0 Å². The molecule has 0 unspecified atom stereocenters. The molecule has 0 atom stereocenters. The molecule has 3 heteroatoms. The first-order chi connectivity index (χ1) is 8.58. The van der Waals surface area contributed by atoms with Crippen LogP contribution < -0.4 is 0 Å². The minimum absolute atomic E-state index is 0. The molecule has 0 radical (unpaired) electrons. The van der Waals surface area contributed by atoms with Gasteiger partial charge in [0.25, 0.3) is 0 Å². The normalized spacial score (nSPS) is 14.6. The van der Waals surface area contributed by atoms with E-state index >= 15 is 0 Å². The molecule has 120 valence electrons. The van der Waals surface area contributed by atoms with Gasteiger partial charge in [0.15, 0.2) is 0 Å². The maximum Gasteiger partial charge on any atom is 0 e. The summed E-state index contributed by atoms with van der Waals surface area (Å²) in [5.74, 6) is 1.55. The van der Waals surface area contributed by atoms with Crippen LogP contribution in [-0.4, -0.2) is 0 Å². The Morgan fingerprint density at radius 3 is 1.33 bits per heavy atom. The number of hydrogen-bond donors (Lipinski definition) is 0. The molecule has 0 aromatic carbocycles. The maximum atomic E-state index is 3.29. The molecule has 0 heterocycles. The Bertz CT molecular complexity index is 327. The first kappa shape index (κ1) is 26.3. The molecule has 21 heavy (non-hydrogen) atoms. The fourth-order valence-electron chi connectivity index (χ4n) is 2.06. The predicted octanol–water partition coefficient (Wildman–Crippen LogP) is 6.29. The van der Waals surface area contributed by atoms with E-state index in [1.165, 1.54) is 24.0 Å². The van der Waals surface area contributed by atoms with Crippen molar-refractivity contribution < 1.29 is 25.8 Å². The summed E-state index contributed by atoms with van der Waals surface area (Å²) in [7, 11) is 0. The third-order valence-electron chi connectivity index (χ3n) is 2.79. The number of halogens is 2. The molecule has 0 nitrogen and oxygen atoms in total. The van der Waals surface area contributed by atoms with Gasteiger partial charge in [0.2, 0.25) is 0 Å². The van der Waals surface area contributed by atoms with Gasteiger partial charge in [-0.1, -0.05) is 40.5 Å². The van der Waals surface area contributed by atoms with Crippen LogP contribution in [0.15, 0.2) is 35.5 Å². The van der Waals surface area contributed by atoms with Gasteiger partial charge in [0.1, 0.15) is 0 Å². The molecule has 0 saturated heterocycles. The molecule has 0 aromatic heterocycles. The third-order valence-corrected chi connectivity index (χ3v) is 2.79. The quantitative estimate of drug-likeness (QED) is 0.319. The van der Waals surface area contributed by atoms with Crippen molar-refractivity contribution in [3.05, 3.63) is 47.6 Å². The molecule has 0 amide bonds. The second-order valence-corrected chi connectivity index (χ2v) is 5.81. The Balaban J connectivity index is -0.000000270. The van der Waals surface area contributed by atoms with Crippen LogP contribution in [0.3, 0.4) is 0 Å². The largest absolute Gasteiger partial charge is 0.269 e. The van der Waals surface area contributed by atoms with E-state index < -0.39 is 0 Å².